The number of amides is 2. The van der Waals surface area contributed by atoms with Crippen LogP contribution in [0.3, 0.4) is 0 Å². The van der Waals surface area contributed by atoms with E-state index in [1.54, 1.807) is 12.1 Å². The van der Waals surface area contributed by atoms with Gasteiger partial charge in [0, 0.05) is 54.8 Å². The third-order valence-electron chi connectivity index (χ3n) is 10.2. The Morgan fingerprint density at radius 3 is 1.89 bits per heavy atom. The number of carbonyl (C=O) groups excluding carboxylic acids is 2. The smallest absolute Gasteiger partial charge is 0.396 e. The summed E-state index contributed by atoms with van der Waals surface area (Å²) < 4.78 is 67.2. The van der Waals surface area contributed by atoms with E-state index in [2.05, 4.69) is 20.5 Å². The first-order chi connectivity index (χ1) is 30.9. The van der Waals surface area contributed by atoms with Gasteiger partial charge >= 0.3 is 6.18 Å². The molecule has 4 rings (SSSR count). The molecule has 64 heavy (non-hydrogen) atoms. The second kappa shape index (κ2) is 27.4. The molecule has 2 amide bonds. The number of halogens is 3. The predicted octanol–water partition coefficient (Wildman–Crippen LogP) is 5.77. The lowest BCUT2D eigenvalue weighted by atomic mass is 9.93. The molecular weight excluding hydrogens is 838 g/mol. The van der Waals surface area contributed by atoms with Crippen molar-refractivity contribution in [2.45, 2.75) is 39.4 Å². The van der Waals surface area contributed by atoms with E-state index >= 15 is 0 Å². The molecule has 1 heterocycles. The summed E-state index contributed by atoms with van der Waals surface area (Å²) in [6.45, 7) is 7.82. The van der Waals surface area contributed by atoms with Crippen LogP contribution in [-0.2, 0) is 42.8 Å². The third kappa shape index (κ3) is 16.9. The number of aliphatic hydroxyl groups excluding tert-OH is 3. The van der Waals surface area contributed by atoms with Crippen molar-refractivity contribution in [3.8, 4) is 11.3 Å². The maximum atomic E-state index is 13.7. The minimum Gasteiger partial charge on any atom is -0.396 e. The SMILES string of the molecule is CCN(CC)c1ccc(NC(=O)c2cccc(CCCOCCOCCOCCOCCOCC(CO)(CO)CO)c2)c(-c2cc(C(=O)NCc3cccc(C(F)(F)F)c3)ccn2)c1. The van der Waals surface area contributed by atoms with Gasteiger partial charge in [0.15, 0.2) is 0 Å². The average molecular weight is 899 g/mol. The van der Waals surface area contributed by atoms with Gasteiger partial charge in [-0.15, -0.1) is 0 Å². The summed E-state index contributed by atoms with van der Waals surface area (Å²) >= 11 is 0. The molecule has 0 radical (unpaired) electrons. The van der Waals surface area contributed by atoms with Crippen molar-refractivity contribution < 1.29 is 61.8 Å². The van der Waals surface area contributed by atoms with E-state index in [4.69, 9.17) is 23.7 Å². The van der Waals surface area contributed by atoms with E-state index in [1.165, 1.54) is 24.4 Å². The van der Waals surface area contributed by atoms with Gasteiger partial charge in [0.1, 0.15) is 0 Å². The summed E-state index contributed by atoms with van der Waals surface area (Å²) in [6.07, 6.45) is -1.59. The van der Waals surface area contributed by atoms with Crippen molar-refractivity contribution in [3.63, 3.8) is 0 Å². The maximum Gasteiger partial charge on any atom is 0.416 e. The zero-order chi connectivity index (χ0) is 46.2. The normalized spacial score (nSPS) is 11.8. The number of nitrogens with zero attached hydrogens (tertiary/aromatic N) is 2. The van der Waals surface area contributed by atoms with Crippen LogP contribution in [0.15, 0.2) is 85.1 Å². The standard InChI is InChI=1S/C47H61F3N4O10/c1-3-54(4-2)40-13-14-42(41(29-40)43-28-38(15-16-51-43)44(58)52-30-36-9-6-12-39(27-36)47(48,49)50)53-45(59)37-11-5-8-35(26-37)10-7-17-60-18-19-61-20-21-62-22-23-63-24-25-64-34-46(31-55,32-56)33-57/h5-6,8-9,11-16,26-29,55-57H,3-4,7,10,17-25,30-34H2,1-2H3,(H,52,58)(H,53,59). The van der Waals surface area contributed by atoms with Crippen LogP contribution in [0.2, 0.25) is 0 Å². The summed E-state index contributed by atoms with van der Waals surface area (Å²) in [5.74, 6) is -0.815. The molecule has 0 aliphatic carbocycles. The number of aryl methyl sites for hydroxylation is 1. The van der Waals surface area contributed by atoms with Crippen LogP contribution in [0.1, 0.15) is 57.7 Å². The molecule has 0 atom stereocenters. The number of hydrogen-bond acceptors (Lipinski definition) is 12. The van der Waals surface area contributed by atoms with E-state index < -0.39 is 23.1 Å². The minimum atomic E-state index is -4.50. The number of anilines is 2. The topological polar surface area (TPSA) is 181 Å². The van der Waals surface area contributed by atoms with Crippen LogP contribution in [0.25, 0.3) is 11.3 Å². The molecule has 0 saturated carbocycles. The van der Waals surface area contributed by atoms with Crippen LogP contribution in [0, 0.1) is 5.41 Å². The lowest BCUT2D eigenvalue weighted by Gasteiger charge is -2.26. The van der Waals surface area contributed by atoms with Crippen LogP contribution in [0.4, 0.5) is 24.5 Å². The van der Waals surface area contributed by atoms with Gasteiger partial charge < -0.3 is 54.5 Å². The number of rotatable bonds is 30. The van der Waals surface area contributed by atoms with Crippen LogP contribution in [-0.4, -0.2) is 131 Å². The highest BCUT2D eigenvalue weighted by molar-refractivity contribution is 6.06. The summed E-state index contributed by atoms with van der Waals surface area (Å²) in [7, 11) is 0. The number of nitrogens with one attached hydrogen (secondary N) is 2. The number of aromatic nitrogens is 1. The first kappa shape index (κ1) is 51.7. The fourth-order valence-corrected chi connectivity index (χ4v) is 6.40. The molecule has 0 aliphatic rings. The summed E-state index contributed by atoms with van der Waals surface area (Å²) in [5.41, 5.74) is 2.54. The second-order valence-electron chi connectivity index (χ2n) is 14.9. The van der Waals surface area contributed by atoms with Crippen molar-refractivity contribution >= 4 is 23.2 Å². The third-order valence-corrected chi connectivity index (χ3v) is 10.2. The first-order valence-electron chi connectivity index (χ1n) is 21.4. The molecule has 350 valence electrons. The summed E-state index contributed by atoms with van der Waals surface area (Å²) in [5, 5.41) is 33.6. The molecule has 3 aromatic carbocycles. The van der Waals surface area contributed by atoms with E-state index in [0.717, 1.165) is 42.9 Å². The first-order valence-corrected chi connectivity index (χ1v) is 21.4. The predicted molar refractivity (Wildman–Crippen MR) is 236 cm³/mol. The number of benzene rings is 3. The van der Waals surface area contributed by atoms with E-state index in [9.17, 15) is 38.1 Å². The molecule has 1 aromatic heterocycles. The highest BCUT2D eigenvalue weighted by atomic mass is 19.4. The number of hydrogen-bond donors (Lipinski definition) is 5. The molecule has 5 N–H and O–H groups in total. The number of ether oxygens (including phenoxy) is 5. The Kier molecular flexibility index (Phi) is 22.1. The van der Waals surface area contributed by atoms with Crippen molar-refractivity contribution in [2.24, 2.45) is 5.41 Å². The number of alkyl halides is 3. The summed E-state index contributed by atoms with van der Waals surface area (Å²) in [6, 6.07) is 20.9. The molecule has 0 saturated heterocycles. The van der Waals surface area contributed by atoms with Gasteiger partial charge in [-0.3, -0.25) is 14.6 Å². The Hall–Kier alpha value is -4.98. The fourth-order valence-electron chi connectivity index (χ4n) is 6.40. The largest absolute Gasteiger partial charge is 0.416 e. The molecule has 0 unspecified atom stereocenters. The van der Waals surface area contributed by atoms with Crippen molar-refractivity contribution in [1.29, 1.82) is 0 Å². The molecule has 0 aliphatic heterocycles. The number of pyridine rings is 1. The zero-order valence-corrected chi connectivity index (χ0v) is 36.5. The van der Waals surface area contributed by atoms with Crippen molar-refractivity contribution in [2.75, 3.05) is 109 Å². The van der Waals surface area contributed by atoms with Crippen LogP contribution >= 0.6 is 0 Å². The Morgan fingerprint density at radius 2 is 1.27 bits per heavy atom. The summed E-state index contributed by atoms with van der Waals surface area (Å²) in [4.78, 5) is 33.6. The Balaban J connectivity index is 1.21. The molecule has 0 fully saturated rings. The molecule has 17 heteroatoms. The van der Waals surface area contributed by atoms with E-state index in [0.29, 0.717) is 87.3 Å². The van der Waals surface area contributed by atoms with E-state index in [1.807, 2.05) is 50.2 Å². The van der Waals surface area contributed by atoms with Gasteiger partial charge in [-0.25, -0.2) is 0 Å². The van der Waals surface area contributed by atoms with Crippen LogP contribution < -0.4 is 15.5 Å². The molecule has 4 aromatic rings. The van der Waals surface area contributed by atoms with Gasteiger partial charge in [-0.05, 0) is 92.4 Å². The average Bonchev–Trinajstić information content (AvgIpc) is 3.31. The maximum absolute atomic E-state index is 13.7. The minimum absolute atomic E-state index is 0.0251. The van der Waals surface area contributed by atoms with E-state index in [-0.39, 0.29) is 51.0 Å². The van der Waals surface area contributed by atoms with Crippen LogP contribution in [0.5, 0.6) is 0 Å². The molecule has 0 bridgehead atoms. The monoisotopic (exact) mass is 898 g/mol. The van der Waals surface area contributed by atoms with Crippen molar-refractivity contribution in [3.05, 3.63) is 113 Å². The molecular formula is C47H61F3N4O10. The highest BCUT2D eigenvalue weighted by Crippen LogP contribution is 2.33. The Morgan fingerprint density at radius 1 is 0.672 bits per heavy atom. The lowest BCUT2D eigenvalue weighted by Crippen LogP contribution is -2.39. The Labute approximate surface area is 372 Å². The van der Waals surface area contributed by atoms with Gasteiger partial charge in [-0.2, -0.15) is 13.2 Å². The quantitative estimate of drug-likeness (QED) is 0.0400. The molecule has 14 nitrogen and oxygen atoms in total. The Bertz CT molecular complexity index is 2010. The van der Waals surface area contributed by atoms with Crippen molar-refractivity contribution in [1.82, 2.24) is 10.3 Å². The lowest BCUT2D eigenvalue weighted by molar-refractivity contribution is -0.137. The fraction of sp³-hybridized carbons (Fsp3) is 0.468. The highest BCUT2D eigenvalue weighted by Gasteiger charge is 2.30. The van der Waals surface area contributed by atoms with Gasteiger partial charge in [-0.1, -0.05) is 24.3 Å². The van der Waals surface area contributed by atoms with Gasteiger partial charge in [0.25, 0.3) is 11.8 Å². The molecule has 0 spiro atoms. The number of carbonyl (C=O) groups is 2. The van der Waals surface area contributed by atoms with Gasteiger partial charge in [0.05, 0.1) is 102 Å². The number of aliphatic hydroxyl groups is 3. The zero-order valence-electron chi connectivity index (χ0n) is 36.5. The second-order valence-corrected chi connectivity index (χ2v) is 14.9. The van der Waals surface area contributed by atoms with Gasteiger partial charge in [0.2, 0.25) is 0 Å².